The molecule has 2 rings (SSSR count). The standard InChI is InChI=1S/C26H37N5O7/c1-3-5-6-7-17(15-23(32)31-36)24(33)29-16-30-26(35)22-9-8-21(38-22)18-12-19(25(34)28-11-10-27)14-20(13-18)37-4-2/h8-9,12-14,17,36H,3-7,10-11,15-16,27H2,1-2H3,(H,28,34)(H,29,33)(H,30,35)(H,31,32)/t17-/m1/s1. The Bertz CT molecular complexity index is 1090. The van der Waals surface area contributed by atoms with Crippen molar-refractivity contribution in [2.75, 3.05) is 26.4 Å². The first-order chi connectivity index (χ1) is 18.3. The van der Waals surface area contributed by atoms with Crippen LogP contribution in [0.5, 0.6) is 5.75 Å². The lowest BCUT2D eigenvalue weighted by molar-refractivity contribution is -0.135. The maximum Gasteiger partial charge on any atom is 0.288 e. The fraction of sp³-hybridized carbons (Fsp3) is 0.462. The third-order valence-electron chi connectivity index (χ3n) is 5.62. The van der Waals surface area contributed by atoms with Gasteiger partial charge in [0.15, 0.2) is 5.76 Å². The second-order valence-corrected chi connectivity index (χ2v) is 8.54. The van der Waals surface area contributed by atoms with E-state index in [-0.39, 0.29) is 24.8 Å². The normalized spacial score (nSPS) is 11.4. The summed E-state index contributed by atoms with van der Waals surface area (Å²) in [4.78, 5) is 49.1. The van der Waals surface area contributed by atoms with E-state index in [1.165, 1.54) is 6.07 Å². The molecule has 12 heteroatoms. The molecule has 7 N–H and O–H groups in total. The maximum atomic E-state index is 12.6. The van der Waals surface area contributed by atoms with Gasteiger partial charge in [0.1, 0.15) is 11.5 Å². The van der Waals surface area contributed by atoms with Gasteiger partial charge in [0.25, 0.3) is 11.8 Å². The summed E-state index contributed by atoms with van der Waals surface area (Å²) in [6.07, 6.45) is 2.95. The van der Waals surface area contributed by atoms with Crippen molar-refractivity contribution < 1.29 is 33.5 Å². The van der Waals surface area contributed by atoms with Gasteiger partial charge in [0, 0.05) is 36.6 Å². The lowest BCUT2D eigenvalue weighted by Gasteiger charge is -2.16. The van der Waals surface area contributed by atoms with Gasteiger partial charge in [-0.2, -0.15) is 0 Å². The summed E-state index contributed by atoms with van der Waals surface area (Å²) >= 11 is 0. The zero-order valence-electron chi connectivity index (χ0n) is 21.8. The van der Waals surface area contributed by atoms with Gasteiger partial charge >= 0.3 is 0 Å². The Labute approximate surface area is 221 Å². The number of hydrogen-bond donors (Lipinski definition) is 6. The molecule has 0 fully saturated rings. The minimum absolute atomic E-state index is 0.00403. The summed E-state index contributed by atoms with van der Waals surface area (Å²) < 4.78 is 11.3. The second-order valence-electron chi connectivity index (χ2n) is 8.54. The highest BCUT2D eigenvalue weighted by Gasteiger charge is 2.22. The van der Waals surface area contributed by atoms with E-state index in [0.29, 0.717) is 48.8 Å². The Hall–Kier alpha value is -3.90. The monoisotopic (exact) mass is 531 g/mol. The molecular formula is C26H37N5O7. The number of ether oxygens (including phenoxy) is 1. The second kappa shape index (κ2) is 16.0. The molecule has 12 nitrogen and oxygen atoms in total. The van der Waals surface area contributed by atoms with Crippen molar-refractivity contribution >= 4 is 23.6 Å². The predicted molar refractivity (Wildman–Crippen MR) is 139 cm³/mol. The number of hydrogen-bond acceptors (Lipinski definition) is 8. The van der Waals surface area contributed by atoms with Crippen LogP contribution in [0.15, 0.2) is 34.7 Å². The van der Waals surface area contributed by atoms with Gasteiger partial charge in [-0.25, -0.2) is 5.48 Å². The van der Waals surface area contributed by atoms with Gasteiger partial charge in [-0.1, -0.05) is 26.2 Å². The van der Waals surface area contributed by atoms with Crippen molar-refractivity contribution in [3.8, 4) is 17.1 Å². The summed E-state index contributed by atoms with van der Waals surface area (Å²) in [6, 6.07) is 8.00. The van der Waals surface area contributed by atoms with Crippen LogP contribution in [-0.4, -0.2) is 55.2 Å². The smallest absolute Gasteiger partial charge is 0.288 e. The number of amides is 4. The third-order valence-corrected chi connectivity index (χ3v) is 5.62. The molecule has 0 unspecified atom stereocenters. The average molecular weight is 532 g/mol. The Balaban J connectivity index is 2.04. The highest BCUT2D eigenvalue weighted by atomic mass is 16.5. The molecule has 38 heavy (non-hydrogen) atoms. The zero-order chi connectivity index (χ0) is 27.9. The van der Waals surface area contributed by atoms with E-state index in [0.717, 1.165) is 19.3 Å². The minimum Gasteiger partial charge on any atom is -0.494 e. The topological polar surface area (TPSA) is 185 Å². The minimum atomic E-state index is -0.651. The van der Waals surface area contributed by atoms with Crippen LogP contribution in [-0.2, 0) is 9.59 Å². The summed E-state index contributed by atoms with van der Waals surface area (Å²) in [6.45, 7) is 4.70. The Kier molecular flexibility index (Phi) is 12.8. The largest absolute Gasteiger partial charge is 0.494 e. The fourth-order valence-electron chi connectivity index (χ4n) is 3.70. The molecule has 0 bridgehead atoms. The molecule has 0 aliphatic heterocycles. The summed E-state index contributed by atoms with van der Waals surface area (Å²) in [5.41, 5.74) is 7.90. The first-order valence-electron chi connectivity index (χ1n) is 12.7. The van der Waals surface area contributed by atoms with Crippen LogP contribution in [0.2, 0.25) is 0 Å². The van der Waals surface area contributed by atoms with E-state index in [2.05, 4.69) is 16.0 Å². The Morgan fingerprint density at radius 1 is 1.03 bits per heavy atom. The predicted octanol–water partition coefficient (Wildman–Crippen LogP) is 1.93. The maximum absolute atomic E-state index is 12.6. The number of furan rings is 1. The van der Waals surface area contributed by atoms with E-state index in [1.54, 1.807) is 29.7 Å². The highest BCUT2D eigenvalue weighted by molar-refractivity contribution is 5.96. The summed E-state index contributed by atoms with van der Waals surface area (Å²) in [7, 11) is 0. The molecule has 2 aromatic rings. The van der Waals surface area contributed by atoms with Gasteiger partial charge in [0.2, 0.25) is 11.8 Å². The first kappa shape index (κ1) is 30.3. The molecule has 1 atom stereocenters. The van der Waals surface area contributed by atoms with E-state index >= 15 is 0 Å². The number of carbonyl (C=O) groups is 4. The van der Waals surface area contributed by atoms with Crippen molar-refractivity contribution in [1.29, 1.82) is 0 Å². The molecule has 1 aromatic carbocycles. The SMILES string of the molecule is CCCCC[C@H](CC(=O)NO)C(=O)NCNC(=O)c1ccc(-c2cc(OCC)cc(C(=O)NCCN)c2)o1. The number of benzene rings is 1. The van der Waals surface area contributed by atoms with Gasteiger partial charge in [-0.3, -0.25) is 24.4 Å². The molecule has 0 aliphatic carbocycles. The van der Waals surface area contributed by atoms with Gasteiger partial charge in [-0.15, -0.1) is 0 Å². The number of nitrogens with two attached hydrogens (primary N) is 1. The van der Waals surface area contributed by atoms with Crippen molar-refractivity contribution in [2.45, 2.75) is 46.0 Å². The third kappa shape index (κ3) is 9.52. The van der Waals surface area contributed by atoms with Gasteiger partial charge in [-0.05, 0) is 43.7 Å². The molecule has 208 valence electrons. The molecule has 0 aliphatic rings. The zero-order valence-corrected chi connectivity index (χ0v) is 21.8. The molecule has 1 heterocycles. The van der Waals surface area contributed by atoms with Crippen LogP contribution in [0.4, 0.5) is 0 Å². The van der Waals surface area contributed by atoms with Crippen molar-refractivity contribution in [2.24, 2.45) is 11.7 Å². The van der Waals surface area contributed by atoms with E-state index < -0.39 is 23.6 Å². The number of nitrogens with one attached hydrogen (secondary N) is 4. The Morgan fingerprint density at radius 2 is 1.82 bits per heavy atom. The molecule has 0 radical (unpaired) electrons. The van der Waals surface area contributed by atoms with Crippen LogP contribution in [0.25, 0.3) is 11.3 Å². The van der Waals surface area contributed by atoms with E-state index in [4.69, 9.17) is 20.1 Å². The van der Waals surface area contributed by atoms with Crippen LogP contribution in [0.1, 0.15) is 66.9 Å². The van der Waals surface area contributed by atoms with Crippen molar-refractivity contribution in [3.63, 3.8) is 0 Å². The Morgan fingerprint density at radius 3 is 2.50 bits per heavy atom. The molecule has 1 aromatic heterocycles. The molecule has 0 spiro atoms. The quantitative estimate of drug-likeness (QED) is 0.0821. The highest BCUT2D eigenvalue weighted by Crippen LogP contribution is 2.28. The lowest BCUT2D eigenvalue weighted by Crippen LogP contribution is -2.41. The summed E-state index contributed by atoms with van der Waals surface area (Å²) in [5, 5.41) is 16.6. The molecule has 4 amide bonds. The van der Waals surface area contributed by atoms with Gasteiger partial charge < -0.3 is 30.8 Å². The molecular weight excluding hydrogens is 494 g/mol. The van der Waals surface area contributed by atoms with Crippen LogP contribution in [0.3, 0.4) is 0 Å². The van der Waals surface area contributed by atoms with E-state index in [1.807, 2.05) is 13.8 Å². The number of rotatable bonds is 16. The van der Waals surface area contributed by atoms with E-state index in [9.17, 15) is 19.2 Å². The number of carbonyl (C=O) groups excluding carboxylic acids is 4. The molecule has 0 saturated carbocycles. The van der Waals surface area contributed by atoms with Gasteiger partial charge in [0.05, 0.1) is 13.3 Å². The lowest BCUT2D eigenvalue weighted by atomic mass is 9.96. The number of unbranched alkanes of at least 4 members (excludes halogenated alkanes) is 2. The van der Waals surface area contributed by atoms with Crippen molar-refractivity contribution in [3.05, 3.63) is 41.7 Å². The first-order valence-corrected chi connectivity index (χ1v) is 12.7. The van der Waals surface area contributed by atoms with Crippen LogP contribution < -0.4 is 31.9 Å². The molecule has 0 saturated heterocycles. The average Bonchev–Trinajstić information content (AvgIpc) is 3.41. The fourth-order valence-corrected chi connectivity index (χ4v) is 3.70. The summed E-state index contributed by atoms with van der Waals surface area (Å²) in [5.74, 6) is -1.74. The number of hydroxylamine groups is 1. The van der Waals surface area contributed by atoms with Crippen LogP contribution >= 0.6 is 0 Å². The van der Waals surface area contributed by atoms with Crippen LogP contribution in [0, 0.1) is 5.92 Å². The van der Waals surface area contributed by atoms with Crippen molar-refractivity contribution in [1.82, 2.24) is 21.4 Å².